The van der Waals surface area contributed by atoms with Crippen LogP contribution in [0.4, 0.5) is 4.79 Å². The Bertz CT molecular complexity index is 427. The number of nitrogens with one attached hydrogen (secondary N) is 2. The van der Waals surface area contributed by atoms with E-state index < -0.39 is 5.60 Å². The molecule has 0 aliphatic heterocycles. The fourth-order valence-corrected chi connectivity index (χ4v) is 5.23. The van der Waals surface area contributed by atoms with Crippen molar-refractivity contribution >= 4 is 6.09 Å². The Hall–Kier alpha value is -0.770. The summed E-state index contributed by atoms with van der Waals surface area (Å²) < 4.78 is 5.23. The van der Waals surface area contributed by atoms with Crippen LogP contribution in [0.3, 0.4) is 0 Å². The Morgan fingerprint density at radius 1 is 1.09 bits per heavy atom. The average Bonchev–Trinajstić information content (AvgIpc) is 2.36. The first-order valence-electron chi connectivity index (χ1n) is 9.48. The summed E-state index contributed by atoms with van der Waals surface area (Å²) in [4.78, 5) is 11.6. The van der Waals surface area contributed by atoms with Gasteiger partial charge in [-0.15, -0.1) is 0 Å². The first-order valence-corrected chi connectivity index (χ1v) is 9.48. The third kappa shape index (κ3) is 4.01. The number of hydrogen-bond acceptors (Lipinski definition) is 3. The maximum Gasteiger partial charge on any atom is 0.407 e. The first-order chi connectivity index (χ1) is 10.8. The highest BCUT2D eigenvalue weighted by Crippen LogP contribution is 2.65. The van der Waals surface area contributed by atoms with Gasteiger partial charge in [-0.1, -0.05) is 0 Å². The number of rotatable bonds is 6. The molecular weight excluding hydrogens is 288 g/mol. The molecule has 2 atom stereocenters. The Labute approximate surface area is 141 Å². The van der Waals surface area contributed by atoms with Crippen LogP contribution in [-0.2, 0) is 4.74 Å². The van der Waals surface area contributed by atoms with E-state index in [1.165, 1.54) is 25.7 Å². The van der Waals surface area contributed by atoms with Crippen molar-refractivity contribution in [2.24, 2.45) is 23.7 Å². The molecule has 3 aliphatic rings. The smallest absolute Gasteiger partial charge is 0.407 e. The van der Waals surface area contributed by atoms with Crippen molar-refractivity contribution in [3.05, 3.63) is 0 Å². The molecule has 3 fully saturated rings. The van der Waals surface area contributed by atoms with E-state index in [4.69, 9.17) is 4.74 Å². The second-order valence-electron chi connectivity index (χ2n) is 9.36. The molecule has 0 aromatic heterocycles. The monoisotopic (exact) mass is 322 g/mol. The van der Waals surface area contributed by atoms with Crippen molar-refractivity contribution in [2.45, 2.75) is 77.4 Å². The van der Waals surface area contributed by atoms with Gasteiger partial charge in [-0.2, -0.15) is 0 Å². The highest BCUT2D eigenvalue weighted by Gasteiger charge is 2.59. The molecule has 4 nitrogen and oxygen atoms in total. The molecule has 132 valence electrons. The summed E-state index contributed by atoms with van der Waals surface area (Å²) in [5.74, 6) is 4.23. The normalized spacial score (nSPS) is 38.1. The minimum Gasteiger partial charge on any atom is -0.444 e. The Balaban J connectivity index is 1.26. The summed E-state index contributed by atoms with van der Waals surface area (Å²) in [5.41, 5.74) is -0.0586. The molecule has 0 bridgehead atoms. The molecule has 3 rings (SSSR count). The van der Waals surface area contributed by atoms with Gasteiger partial charge in [0, 0.05) is 12.1 Å². The van der Waals surface area contributed by atoms with Crippen LogP contribution < -0.4 is 10.6 Å². The molecular formula is C19H34N2O2. The third-order valence-electron chi connectivity index (χ3n) is 6.09. The van der Waals surface area contributed by atoms with Crippen LogP contribution in [-0.4, -0.2) is 30.3 Å². The predicted molar refractivity (Wildman–Crippen MR) is 92.3 cm³/mol. The van der Waals surface area contributed by atoms with Gasteiger partial charge in [-0.3, -0.25) is 0 Å². The van der Waals surface area contributed by atoms with Crippen molar-refractivity contribution in [3.8, 4) is 0 Å². The van der Waals surface area contributed by atoms with E-state index in [1.54, 1.807) is 0 Å². The highest BCUT2D eigenvalue weighted by molar-refractivity contribution is 5.67. The zero-order valence-corrected chi connectivity index (χ0v) is 15.3. The zero-order chi connectivity index (χ0) is 16.7. The van der Waals surface area contributed by atoms with E-state index in [1.807, 2.05) is 20.8 Å². The molecule has 1 amide bonds. The summed E-state index contributed by atoms with van der Waals surface area (Å²) in [6, 6.07) is 0. The lowest BCUT2D eigenvalue weighted by molar-refractivity contribution is -0.144. The standard InChI is InChI=1S/C19H34N2O2/c1-18(2,3)23-17(22)20-7-5-6-8-21-19(4)11-14-9-13-10-15(12-19)16(13)14/h13-16,21H,5-12H2,1-4H3,(H,20,22). The van der Waals surface area contributed by atoms with E-state index >= 15 is 0 Å². The van der Waals surface area contributed by atoms with Gasteiger partial charge in [0.15, 0.2) is 0 Å². The second kappa shape index (κ2) is 6.27. The van der Waals surface area contributed by atoms with Crippen LogP contribution in [0.15, 0.2) is 0 Å². The van der Waals surface area contributed by atoms with Gasteiger partial charge >= 0.3 is 6.09 Å². The lowest BCUT2D eigenvalue weighted by Gasteiger charge is -2.65. The molecule has 0 aromatic rings. The lowest BCUT2D eigenvalue weighted by atomic mass is 9.41. The number of carbonyl (C=O) groups is 1. The summed E-state index contributed by atoms with van der Waals surface area (Å²) in [6.45, 7) is 9.84. The van der Waals surface area contributed by atoms with Crippen LogP contribution in [0.2, 0.25) is 0 Å². The van der Waals surface area contributed by atoms with Gasteiger partial charge in [0.05, 0.1) is 0 Å². The highest BCUT2D eigenvalue weighted by atomic mass is 16.6. The number of ether oxygens (including phenoxy) is 1. The van der Waals surface area contributed by atoms with Gasteiger partial charge in [0.25, 0.3) is 0 Å². The molecule has 0 saturated heterocycles. The molecule has 2 N–H and O–H groups in total. The number of hydrogen-bond donors (Lipinski definition) is 2. The zero-order valence-electron chi connectivity index (χ0n) is 15.3. The molecule has 23 heavy (non-hydrogen) atoms. The predicted octanol–water partition coefficient (Wildman–Crippen LogP) is 3.71. The van der Waals surface area contributed by atoms with E-state index in [9.17, 15) is 4.79 Å². The quantitative estimate of drug-likeness (QED) is 0.733. The van der Waals surface area contributed by atoms with Crippen molar-refractivity contribution in [1.29, 1.82) is 0 Å². The molecule has 2 unspecified atom stereocenters. The van der Waals surface area contributed by atoms with E-state index in [0.29, 0.717) is 12.1 Å². The van der Waals surface area contributed by atoms with E-state index in [0.717, 1.165) is 43.1 Å². The Morgan fingerprint density at radius 3 is 2.26 bits per heavy atom. The topological polar surface area (TPSA) is 50.4 Å². The summed E-state index contributed by atoms with van der Waals surface area (Å²) in [5, 5.41) is 6.65. The minimum atomic E-state index is -0.416. The van der Waals surface area contributed by atoms with Crippen LogP contribution in [0.5, 0.6) is 0 Å². The molecule has 0 radical (unpaired) electrons. The SMILES string of the molecule is CC1(NCCCCNC(=O)OC(C)(C)C)CC2CC3CC(C1)C32. The van der Waals surface area contributed by atoms with E-state index in [-0.39, 0.29) is 6.09 Å². The average molecular weight is 322 g/mol. The largest absolute Gasteiger partial charge is 0.444 e. The van der Waals surface area contributed by atoms with Gasteiger partial charge in [-0.05, 0) is 96.4 Å². The Kier molecular flexibility index (Phi) is 4.65. The van der Waals surface area contributed by atoms with E-state index in [2.05, 4.69) is 17.6 Å². The van der Waals surface area contributed by atoms with Crippen molar-refractivity contribution in [2.75, 3.05) is 13.1 Å². The summed E-state index contributed by atoms with van der Waals surface area (Å²) in [7, 11) is 0. The van der Waals surface area contributed by atoms with Crippen molar-refractivity contribution < 1.29 is 9.53 Å². The van der Waals surface area contributed by atoms with Crippen molar-refractivity contribution in [1.82, 2.24) is 10.6 Å². The second-order valence-corrected chi connectivity index (χ2v) is 9.36. The molecule has 0 aromatic carbocycles. The first kappa shape index (κ1) is 17.1. The number of amides is 1. The maximum atomic E-state index is 11.6. The van der Waals surface area contributed by atoms with Gasteiger partial charge in [-0.25, -0.2) is 4.79 Å². The van der Waals surface area contributed by atoms with Crippen LogP contribution in [0.1, 0.15) is 66.2 Å². The van der Waals surface area contributed by atoms with Gasteiger partial charge < -0.3 is 15.4 Å². The van der Waals surface area contributed by atoms with Gasteiger partial charge in [0.2, 0.25) is 0 Å². The molecule has 4 heteroatoms. The number of alkyl carbamates (subject to hydrolysis) is 1. The lowest BCUT2D eigenvalue weighted by Crippen LogP contribution is -2.62. The molecule has 0 spiro atoms. The van der Waals surface area contributed by atoms with Crippen molar-refractivity contribution in [3.63, 3.8) is 0 Å². The van der Waals surface area contributed by atoms with Crippen LogP contribution >= 0.6 is 0 Å². The fourth-order valence-electron chi connectivity index (χ4n) is 5.23. The molecule has 3 saturated carbocycles. The summed E-state index contributed by atoms with van der Waals surface area (Å²) in [6.07, 6.45) is 7.55. The molecule has 3 aliphatic carbocycles. The third-order valence-corrected chi connectivity index (χ3v) is 6.09. The van der Waals surface area contributed by atoms with Crippen LogP contribution in [0.25, 0.3) is 0 Å². The Morgan fingerprint density at radius 2 is 1.70 bits per heavy atom. The number of unbranched alkanes of at least 4 members (excludes halogenated alkanes) is 1. The maximum absolute atomic E-state index is 11.6. The fraction of sp³-hybridized carbons (Fsp3) is 0.947. The van der Waals surface area contributed by atoms with Gasteiger partial charge in [0.1, 0.15) is 5.60 Å². The number of carbonyl (C=O) groups excluding carboxylic acids is 1. The minimum absolute atomic E-state index is 0.305. The summed E-state index contributed by atoms with van der Waals surface area (Å²) >= 11 is 0. The molecule has 0 heterocycles. The van der Waals surface area contributed by atoms with Crippen LogP contribution in [0, 0.1) is 23.7 Å².